The molecule has 0 unspecified atom stereocenters. The van der Waals surface area contributed by atoms with E-state index in [0.29, 0.717) is 6.61 Å². The van der Waals surface area contributed by atoms with Gasteiger partial charge in [0.1, 0.15) is 12.4 Å². The summed E-state index contributed by atoms with van der Waals surface area (Å²) in [5, 5.41) is 0. The van der Waals surface area contributed by atoms with Gasteiger partial charge < -0.3 is 4.74 Å². The van der Waals surface area contributed by atoms with Gasteiger partial charge >= 0.3 is 0 Å². The molecule has 18 heavy (non-hydrogen) atoms. The lowest BCUT2D eigenvalue weighted by Gasteiger charge is -2.10. The first-order valence-electron chi connectivity index (χ1n) is 6.47. The SMILES string of the molecule is CCc1cccc(OCc2cc(C)ccc2C)c1. The lowest BCUT2D eigenvalue weighted by Crippen LogP contribution is -1.98. The van der Waals surface area contributed by atoms with Gasteiger partial charge in [0.2, 0.25) is 0 Å². The Morgan fingerprint density at radius 1 is 1.00 bits per heavy atom. The first kappa shape index (κ1) is 12.7. The normalized spacial score (nSPS) is 10.4. The van der Waals surface area contributed by atoms with E-state index in [-0.39, 0.29) is 0 Å². The third-order valence-corrected chi connectivity index (χ3v) is 3.21. The third kappa shape index (κ3) is 3.13. The Hall–Kier alpha value is -1.76. The highest BCUT2D eigenvalue weighted by atomic mass is 16.5. The van der Waals surface area contributed by atoms with Crippen LogP contribution in [-0.4, -0.2) is 0 Å². The predicted octanol–water partition coefficient (Wildman–Crippen LogP) is 4.44. The maximum Gasteiger partial charge on any atom is 0.120 e. The van der Waals surface area contributed by atoms with Crippen molar-refractivity contribution in [1.82, 2.24) is 0 Å². The average Bonchev–Trinajstić information content (AvgIpc) is 2.40. The van der Waals surface area contributed by atoms with Crippen molar-refractivity contribution in [3.8, 4) is 5.75 Å². The number of hydrogen-bond donors (Lipinski definition) is 0. The summed E-state index contributed by atoms with van der Waals surface area (Å²) in [6, 6.07) is 14.8. The van der Waals surface area contributed by atoms with E-state index < -0.39 is 0 Å². The summed E-state index contributed by atoms with van der Waals surface area (Å²) in [6.07, 6.45) is 1.04. The Labute approximate surface area is 109 Å². The molecule has 0 aliphatic carbocycles. The molecule has 0 amide bonds. The minimum absolute atomic E-state index is 0.640. The molecule has 0 atom stereocenters. The molecule has 0 saturated carbocycles. The molecule has 94 valence electrons. The van der Waals surface area contributed by atoms with Crippen molar-refractivity contribution >= 4 is 0 Å². The van der Waals surface area contributed by atoms with Crippen molar-refractivity contribution in [2.75, 3.05) is 0 Å². The van der Waals surface area contributed by atoms with Gasteiger partial charge in [0.25, 0.3) is 0 Å². The summed E-state index contributed by atoms with van der Waals surface area (Å²) < 4.78 is 5.87. The van der Waals surface area contributed by atoms with Crippen LogP contribution in [0, 0.1) is 13.8 Å². The fraction of sp³-hybridized carbons (Fsp3) is 0.294. The molecular weight excluding hydrogens is 220 g/mol. The van der Waals surface area contributed by atoms with Gasteiger partial charge in [-0.05, 0) is 49.1 Å². The van der Waals surface area contributed by atoms with Crippen molar-refractivity contribution < 1.29 is 4.74 Å². The highest BCUT2D eigenvalue weighted by molar-refractivity contribution is 5.32. The molecule has 0 heterocycles. The Balaban J connectivity index is 2.08. The zero-order valence-corrected chi connectivity index (χ0v) is 11.4. The topological polar surface area (TPSA) is 9.23 Å². The van der Waals surface area contributed by atoms with Crippen LogP contribution in [0.15, 0.2) is 42.5 Å². The van der Waals surface area contributed by atoms with Gasteiger partial charge in [0.15, 0.2) is 0 Å². The van der Waals surface area contributed by atoms with E-state index in [9.17, 15) is 0 Å². The first-order chi connectivity index (χ1) is 8.69. The van der Waals surface area contributed by atoms with E-state index >= 15 is 0 Å². The maximum atomic E-state index is 5.87. The molecule has 0 bridgehead atoms. The minimum atomic E-state index is 0.640. The quantitative estimate of drug-likeness (QED) is 0.767. The Kier molecular flexibility index (Phi) is 4.03. The molecule has 0 aliphatic heterocycles. The number of hydrogen-bond acceptors (Lipinski definition) is 1. The van der Waals surface area contributed by atoms with Crippen LogP contribution in [0.1, 0.15) is 29.2 Å². The summed E-state index contributed by atoms with van der Waals surface area (Å²) >= 11 is 0. The van der Waals surface area contributed by atoms with Gasteiger partial charge in [-0.3, -0.25) is 0 Å². The lowest BCUT2D eigenvalue weighted by atomic mass is 10.1. The third-order valence-electron chi connectivity index (χ3n) is 3.21. The van der Waals surface area contributed by atoms with Crippen molar-refractivity contribution in [2.24, 2.45) is 0 Å². The van der Waals surface area contributed by atoms with E-state index in [1.165, 1.54) is 22.3 Å². The molecular formula is C17H20O. The van der Waals surface area contributed by atoms with Crippen LogP contribution in [0.5, 0.6) is 5.75 Å². The van der Waals surface area contributed by atoms with Crippen LogP contribution < -0.4 is 4.74 Å². The highest BCUT2D eigenvalue weighted by Crippen LogP contribution is 2.17. The second-order valence-corrected chi connectivity index (χ2v) is 4.72. The predicted molar refractivity (Wildman–Crippen MR) is 76.1 cm³/mol. The molecule has 2 aromatic carbocycles. The van der Waals surface area contributed by atoms with Crippen LogP contribution >= 0.6 is 0 Å². The molecule has 1 heteroatoms. The molecule has 1 nitrogen and oxygen atoms in total. The molecule has 0 radical (unpaired) electrons. The summed E-state index contributed by atoms with van der Waals surface area (Å²) in [5.41, 5.74) is 5.14. The maximum absolute atomic E-state index is 5.87. The Morgan fingerprint density at radius 3 is 2.61 bits per heavy atom. The largest absolute Gasteiger partial charge is 0.489 e. The molecule has 0 aromatic heterocycles. The van der Waals surface area contributed by atoms with Gasteiger partial charge in [0, 0.05) is 0 Å². The summed E-state index contributed by atoms with van der Waals surface area (Å²) in [7, 11) is 0. The molecule has 2 rings (SSSR count). The Bertz CT molecular complexity index is 529. The van der Waals surface area contributed by atoms with E-state index in [1.807, 2.05) is 6.07 Å². The van der Waals surface area contributed by atoms with Crippen LogP contribution in [0.3, 0.4) is 0 Å². The zero-order valence-electron chi connectivity index (χ0n) is 11.4. The van der Waals surface area contributed by atoms with E-state index in [4.69, 9.17) is 4.74 Å². The monoisotopic (exact) mass is 240 g/mol. The van der Waals surface area contributed by atoms with Crippen LogP contribution in [0.2, 0.25) is 0 Å². The molecule has 0 aliphatic rings. The highest BCUT2D eigenvalue weighted by Gasteiger charge is 2.01. The second kappa shape index (κ2) is 5.72. The van der Waals surface area contributed by atoms with Gasteiger partial charge in [-0.2, -0.15) is 0 Å². The van der Waals surface area contributed by atoms with E-state index in [1.54, 1.807) is 0 Å². The molecule has 0 fully saturated rings. The summed E-state index contributed by atoms with van der Waals surface area (Å²) in [6.45, 7) is 7.03. The summed E-state index contributed by atoms with van der Waals surface area (Å²) in [4.78, 5) is 0. The van der Waals surface area contributed by atoms with Crippen molar-refractivity contribution in [1.29, 1.82) is 0 Å². The van der Waals surface area contributed by atoms with Gasteiger partial charge in [-0.15, -0.1) is 0 Å². The van der Waals surface area contributed by atoms with Crippen molar-refractivity contribution in [3.63, 3.8) is 0 Å². The molecule has 0 saturated heterocycles. The number of rotatable bonds is 4. The minimum Gasteiger partial charge on any atom is -0.489 e. The Morgan fingerprint density at radius 2 is 1.83 bits per heavy atom. The van der Waals surface area contributed by atoms with Gasteiger partial charge in [-0.1, -0.05) is 42.8 Å². The van der Waals surface area contributed by atoms with E-state index in [2.05, 4.69) is 57.2 Å². The van der Waals surface area contributed by atoms with Gasteiger partial charge in [0.05, 0.1) is 0 Å². The molecule has 2 aromatic rings. The van der Waals surface area contributed by atoms with E-state index in [0.717, 1.165) is 12.2 Å². The van der Waals surface area contributed by atoms with Crippen LogP contribution in [0.25, 0.3) is 0 Å². The van der Waals surface area contributed by atoms with Crippen LogP contribution in [-0.2, 0) is 13.0 Å². The lowest BCUT2D eigenvalue weighted by molar-refractivity contribution is 0.305. The fourth-order valence-electron chi connectivity index (χ4n) is 1.97. The standard InChI is InChI=1S/C17H20O/c1-4-15-6-5-7-17(11-15)18-12-16-10-13(2)8-9-14(16)3/h5-11H,4,12H2,1-3H3. The number of benzene rings is 2. The van der Waals surface area contributed by atoms with Crippen molar-refractivity contribution in [3.05, 3.63) is 64.7 Å². The number of aryl methyl sites for hydroxylation is 3. The smallest absolute Gasteiger partial charge is 0.120 e. The molecule has 0 N–H and O–H groups in total. The first-order valence-corrected chi connectivity index (χ1v) is 6.47. The fourth-order valence-corrected chi connectivity index (χ4v) is 1.97. The average molecular weight is 240 g/mol. The second-order valence-electron chi connectivity index (χ2n) is 4.72. The van der Waals surface area contributed by atoms with Crippen LogP contribution in [0.4, 0.5) is 0 Å². The summed E-state index contributed by atoms with van der Waals surface area (Å²) in [5.74, 6) is 0.954. The van der Waals surface area contributed by atoms with Crippen molar-refractivity contribution in [2.45, 2.75) is 33.8 Å². The number of ether oxygens (including phenoxy) is 1. The molecule has 0 spiro atoms. The zero-order chi connectivity index (χ0) is 13.0. The van der Waals surface area contributed by atoms with Gasteiger partial charge in [-0.25, -0.2) is 0 Å².